The van der Waals surface area contributed by atoms with Crippen LogP contribution in [0.4, 0.5) is 0 Å². The zero-order valence-electron chi connectivity index (χ0n) is 25.2. The van der Waals surface area contributed by atoms with Gasteiger partial charge in [-0.1, -0.05) is 25.8 Å². The fourth-order valence-electron chi connectivity index (χ4n) is 5.77. The van der Waals surface area contributed by atoms with Gasteiger partial charge in [0.15, 0.2) is 23.0 Å². The summed E-state index contributed by atoms with van der Waals surface area (Å²) in [5, 5.41) is 1.17. The molecule has 218 valence electrons. The summed E-state index contributed by atoms with van der Waals surface area (Å²) in [7, 11) is 0. The molecule has 0 atom stereocenters. The molecular weight excluding hydrogens is 514 g/mol. The van der Waals surface area contributed by atoms with E-state index in [1.54, 1.807) is 0 Å². The molecular formula is C35H43NO5. The van der Waals surface area contributed by atoms with Crippen molar-refractivity contribution in [3.8, 4) is 51.1 Å². The highest BCUT2D eigenvalue weighted by Gasteiger charge is 2.28. The van der Waals surface area contributed by atoms with Crippen LogP contribution in [0.5, 0.6) is 28.7 Å². The summed E-state index contributed by atoms with van der Waals surface area (Å²) in [5.74, 6) is 4.00. The summed E-state index contributed by atoms with van der Waals surface area (Å²) >= 11 is 0. The summed E-state index contributed by atoms with van der Waals surface area (Å²) in [6, 6.07) is 17.1. The first-order valence-corrected chi connectivity index (χ1v) is 15.2. The second-order valence-electron chi connectivity index (χ2n) is 10.2. The van der Waals surface area contributed by atoms with E-state index in [0.717, 1.165) is 65.9 Å². The third-order valence-electron chi connectivity index (χ3n) is 7.51. The van der Waals surface area contributed by atoms with Crippen LogP contribution in [0.1, 0.15) is 59.4 Å². The van der Waals surface area contributed by atoms with Gasteiger partial charge in [0.2, 0.25) is 0 Å². The number of fused-ring (bicyclic) bond motifs is 5. The second kappa shape index (κ2) is 13.2. The van der Waals surface area contributed by atoms with E-state index >= 15 is 0 Å². The predicted octanol–water partition coefficient (Wildman–Crippen LogP) is 8.70. The molecule has 0 spiro atoms. The monoisotopic (exact) mass is 557 g/mol. The lowest BCUT2D eigenvalue weighted by atomic mass is 9.92. The lowest BCUT2D eigenvalue weighted by Crippen LogP contribution is -2.12. The average Bonchev–Trinajstić information content (AvgIpc) is 3.31. The molecule has 6 heteroatoms. The molecule has 5 rings (SSSR count). The van der Waals surface area contributed by atoms with Crippen molar-refractivity contribution in [2.75, 3.05) is 33.0 Å². The maximum absolute atomic E-state index is 6.23. The van der Waals surface area contributed by atoms with Gasteiger partial charge in [0.05, 0.1) is 38.7 Å². The molecule has 0 saturated heterocycles. The van der Waals surface area contributed by atoms with E-state index in [9.17, 15) is 0 Å². The molecule has 1 aliphatic rings. The fourth-order valence-corrected chi connectivity index (χ4v) is 5.77. The Kier molecular flexibility index (Phi) is 9.28. The van der Waals surface area contributed by atoms with E-state index in [2.05, 4.69) is 54.0 Å². The minimum atomic E-state index is 0.564. The first kappa shape index (κ1) is 28.7. The molecule has 4 aromatic rings. The Morgan fingerprint density at radius 1 is 0.659 bits per heavy atom. The number of unbranched alkanes of at least 4 members (excludes halogenated alkanes) is 2. The summed E-state index contributed by atoms with van der Waals surface area (Å²) < 4.78 is 32.7. The summed E-state index contributed by atoms with van der Waals surface area (Å²) in [4.78, 5) is 0. The van der Waals surface area contributed by atoms with Crippen LogP contribution in [0.15, 0.2) is 48.5 Å². The Morgan fingerprint density at radius 3 is 2.05 bits per heavy atom. The SMILES string of the molecule is CCCCCOc1ccc2c(c1)c(-c1ccc(OCC)c(OCC)c1)c1n2CCc2cc(OCC)c(OCC)cc2-1. The minimum Gasteiger partial charge on any atom is -0.494 e. The minimum absolute atomic E-state index is 0.564. The number of benzene rings is 3. The topological polar surface area (TPSA) is 51.1 Å². The highest BCUT2D eigenvalue weighted by molar-refractivity contribution is 6.06. The largest absolute Gasteiger partial charge is 0.494 e. The lowest BCUT2D eigenvalue weighted by Gasteiger charge is -2.24. The quantitative estimate of drug-likeness (QED) is 0.145. The van der Waals surface area contributed by atoms with E-state index in [-0.39, 0.29) is 0 Å². The van der Waals surface area contributed by atoms with E-state index in [1.807, 2.05) is 33.8 Å². The van der Waals surface area contributed by atoms with Crippen molar-refractivity contribution in [3.63, 3.8) is 0 Å². The first-order valence-electron chi connectivity index (χ1n) is 15.2. The maximum Gasteiger partial charge on any atom is 0.161 e. The van der Waals surface area contributed by atoms with Gasteiger partial charge in [-0.05, 0) is 94.1 Å². The van der Waals surface area contributed by atoms with Gasteiger partial charge in [-0.25, -0.2) is 0 Å². The van der Waals surface area contributed by atoms with Gasteiger partial charge in [0, 0.05) is 28.6 Å². The molecule has 3 aromatic carbocycles. The van der Waals surface area contributed by atoms with Crippen LogP contribution in [-0.2, 0) is 13.0 Å². The fraction of sp³-hybridized carbons (Fsp3) is 0.429. The van der Waals surface area contributed by atoms with Crippen LogP contribution in [0, 0.1) is 0 Å². The molecule has 0 radical (unpaired) electrons. The molecule has 2 heterocycles. The van der Waals surface area contributed by atoms with Crippen molar-refractivity contribution >= 4 is 10.9 Å². The second-order valence-corrected chi connectivity index (χ2v) is 10.2. The standard InChI is InChI=1S/C35H43NO5/c1-6-11-12-19-41-26-14-15-29-28(22-26)34(25-13-16-30(37-7-2)31(21-25)38-8-3)35-27-23-33(40-10-5)32(39-9-4)20-24(27)17-18-36(29)35/h13-16,20-23H,6-12,17-19H2,1-5H3. The number of rotatable bonds is 14. The van der Waals surface area contributed by atoms with Gasteiger partial charge in [0.1, 0.15) is 5.75 Å². The van der Waals surface area contributed by atoms with Crippen molar-refractivity contribution in [1.82, 2.24) is 4.57 Å². The molecule has 1 aromatic heterocycles. The number of aryl methyl sites for hydroxylation is 2. The number of hydrogen-bond donors (Lipinski definition) is 0. The molecule has 0 fully saturated rings. The van der Waals surface area contributed by atoms with Gasteiger partial charge >= 0.3 is 0 Å². The van der Waals surface area contributed by atoms with Crippen LogP contribution in [0.2, 0.25) is 0 Å². The average molecular weight is 558 g/mol. The Labute approximate surface area is 244 Å². The van der Waals surface area contributed by atoms with Gasteiger partial charge in [-0.15, -0.1) is 0 Å². The molecule has 0 aliphatic carbocycles. The van der Waals surface area contributed by atoms with Gasteiger partial charge in [0.25, 0.3) is 0 Å². The van der Waals surface area contributed by atoms with E-state index in [4.69, 9.17) is 23.7 Å². The van der Waals surface area contributed by atoms with Gasteiger partial charge in [-0.3, -0.25) is 0 Å². The third-order valence-corrected chi connectivity index (χ3v) is 7.51. The van der Waals surface area contributed by atoms with Crippen molar-refractivity contribution in [3.05, 3.63) is 54.1 Å². The molecule has 0 amide bonds. The van der Waals surface area contributed by atoms with Crippen LogP contribution in [-0.4, -0.2) is 37.6 Å². The third kappa shape index (κ3) is 5.83. The van der Waals surface area contributed by atoms with Crippen LogP contribution >= 0.6 is 0 Å². The molecule has 0 saturated carbocycles. The number of ether oxygens (including phenoxy) is 5. The number of nitrogens with zero attached hydrogens (tertiary/aromatic N) is 1. The van der Waals surface area contributed by atoms with Gasteiger partial charge < -0.3 is 28.3 Å². The van der Waals surface area contributed by atoms with Crippen molar-refractivity contribution in [1.29, 1.82) is 0 Å². The Balaban J connectivity index is 1.73. The zero-order chi connectivity index (χ0) is 28.8. The summed E-state index contributed by atoms with van der Waals surface area (Å²) in [6.07, 6.45) is 4.32. The molecule has 0 bridgehead atoms. The molecule has 41 heavy (non-hydrogen) atoms. The maximum atomic E-state index is 6.23. The zero-order valence-corrected chi connectivity index (χ0v) is 25.2. The number of hydrogen-bond acceptors (Lipinski definition) is 5. The Hall–Kier alpha value is -3.80. The van der Waals surface area contributed by atoms with Crippen molar-refractivity contribution in [2.45, 2.75) is 66.8 Å². The predicted molar refractivity (Wildman–Crippen MR) is 166 cm³/mol. The van der Waals surface area contributed by atoms with Crippen molar-refractivity contribution in [2.24, 2.45) is 0 Å². The summed E-state index contributed by atoms with van der Waals surface area (Å²) in [6.45, 7) is 14.1. The molecule has 0 unspecified atom stereocenters. The highest BCUT2D eigenvalue weighted by atomic mass is 16.5. The van der Waals surface area contributed by atoms with E-state index in [0.29, 0.717) is 26.4 Å². The Bertz CT molecular complexity index is 1490. The normalized spacial score (nSPS) is 12.1. The molecule has 0 N–H and O–H groups in total. The number of aromatic nitrogens is 1. The molecule has 6 nitrogen and oxygen atoms in total. The highest BCUT2D eigenvalue weighted by Crippen LogP contribution is 2.49. The summed E-state index contributed by atoms with van der Waals surface area (Å²) in [5.41, 5.74) is 7.06. The van der Waals surface area contributed by atoms with Crippen molar-refractivity contribution < 1.29 is 23.7 Å². The van der Waals surface area contributed by atoms with Crippen LogP contribution in [0.3, 0.4) is 0 Å². The van der Waals surface area contributed by atoms with Gasteiger partial charge in [-0.2, -0.15) is 0 Å². The smallest absolute Gasteiger partial charge is 0.161 e. The lowest BCUT2D eigenvalue weighted by molar-refractivity contribution is 0.287. The molecule has 1 aliphatic heterocycles. The van der Waals surface area contributed by atoms with Crippen LogP contribution < -0.4 is 23.7 Å². The van der Waals surface area contributed by atoms with E-state index < -0.39 is 0 Å². The Morgan fingerprint density at radius 2 is 1.34 bits per heavy atom. The van der Waals surface area contributed by atoms with E-state index in [1.165, 1.54) is 40.6 Å². The first-order chi connectivity index (χ1) is 20.1. The van der Waals surface area contributed by atoms with Crippen LogP contribution in [0.25, 0.3) is 33.3 Å².